The summed E-state index contributed by atoms with van der Waals surface area (Å²) in [7, 11) is -6.31. The van der Waals surface area contributed by atoms with E-state index >= 15 is 0 Å². The molecule has 0 bridgehead atoms. The number of likely N-dealkylation sites (N-methyl/N-ethyl adjacent to an activating group) is 1. The Bertz CT molecular complexity index is 1550. The fourth-order valence-corrected chi connectivity index (χ4v) is 13.8. The summed E-state index contributed by atoms with van der Waals surface area (Å²) in [5.74, 6) is 0. The second-order valence-electron chi connectivity index (χ2n) is 11.5. The first-order chi connectivity index (χ1) is 20.0. The van der Waals surface area contributed by atoms with E-state index in [4.69, 9.17) is 9.56 Å². The van der Waals surface area contributed by atoms with Gasteiger partial charge < -0.3 is 14.0 Å². The molecular formula is C32H39N3O3S3Si. The lowest BCUT2D eigenvalue weighted by Gasteiger charge is -2.43. The van der Waals surface area contributed by atoms with Crippen molar-refractivity contribution in [1.82, 2.24) is 5.32 Å². The van der Waals surface area contributed by atoms with Crippen LogP contribution >= 0.6 is 23.3 Å². The Morgan fingerprint density at radius 1 is 0.976 bits per heavy atom. The molecule has 10 heteroatoms. The van der Waals surface area contributed by atoms with Crippen LogP contribution in [0.2, 0.25) is 5.04 Å². The molecule has 6 nitrogen and oxygen atoms in total. The molecule has 0 saturated heterocycles. The molecule has 42 heavy (non-hydrogen) atoms. The number of nitrogens with two attached hydrogens (primary N) is 1. The molecular weight excluding hydrogens is 599 g/mol. The molecule has 0 aliphatic carbocycles. The van der Waals surface area contributed by atoms with E-state index in [0.29, 0.717) is 6.61 Å². The van der Waals surface area contributed by atoms with Crippen molar-refractivity contribution in [3.05, 3.63) is 102 Å². The third-order valence-electron chi connectivity index (χ3n) is 7.70. The molecule has 0 amide bonds. The van der Waals surface area contributed by atoms with Crippen molar-refractivity contribution in [3.8, 4) is 0 Å². The number of nitrogens with one attached hydrogen (secondary N) is 1. The lowest BCUT2D eigenvalue weighted by Crippen LogP contribution is -2.66. The molecule has 1 aromatic heterocycles. The van der Waals surface area contributed by atoms with Gasteiger partial charge in [0.2, 0.25) is 10.0 Å². The number of anilines is 1. The lowest BCUT2D eigenvalue weighted by atomic mass is 10.1. The Balaban J connectivity index is 1.34. The topological polar surface area (TPSA) is 84.7 Å². The minimum Gasteiger partial charge on any atom is -0.407 e. The van der Waals surface area contributed by atoms with Crippen LogP contribution in [-0.4, -0.2) is 36.4 Å². The van der Waals surface area contributed by atoms with Gasteiger partial charge in [-0.1, -0.05) is 100 Å². The molecule has 1 atom stereocenters. The highest BCUT2D eigenvalue weighted by molar-refractivity contribution is 8.03. The van der Waals surface area contributed by atoms with E-state index in [1.54, 1.807) is 18.0 Å². The zero-order valence-electron chi connectivity index (χ0n) is 24.5. The Morgan fingerprint density at radius 3 is 2.10 bits per heavy atom. The molecule has 3 aromatic carbocycles. The number of sulfonamides is 1. The van der Waals surface area contributed by atoms with Crippen molar-refractivity contribution in [2.75, 3.05) is 24.0 Å². The maximum absolute atomic E-state index is 12.0. The number of thiophene rings is 1. The quantitative estimate of drug-likeness (QED) is 0.172. The third kappa shape index (κ3) is 6.40. The molecule has 0 spiro atoms. The minimum atomic E-state index is -3.74. The summed E-state index contributed by atoms with van der Waals surface area (Å²) in [6, 6.07) is 31.9. The Morgan fingerprint density at radius 2 is 1.57 bits per heavy atom. The summed E-state index contributed by atoms with van der Waals surface area (Å²) in [6.45, 7) is 11.1. The maximum atomic E-state index is 12.0. The number of fused-ring (bicyclic) bond motifs is 1. The van der Waals surface area contributed by atoms with Gasteiger partial charge in [0, 0.05) is 18.8 Å². The number of hydrogen-bond acceptors (Lipinski definition) is 7. The van der Waals surface area contributed by atoms with Crippen LogP contribution in [0.4, 0.5) is 5.69 Å². The molecule has 3 N–H and O–H groups in total. The Hall–Kier alpha value is -2.44. The van der Waals surface area contributed by atoms with E-state index in [2.05, 4.69) is 122 Å². The van der Waals surface area contributed by atoms with Crippen LogP contribution in [0.25, 0.3) is 0 Å². The van der Waals surface area contributed by atoms with Crippen molar-refractivity contribution >= 4 is 57.7 Å². The molecule has 1 unspecified atom stereocenters. The molecule has 1 aliphatic rings. The Labute approximate surface area is 259 Å². The van der Waals surface area contributed by atoms with Gasteiger partial charge >= 0.3 is 0 Å². The largest absolute Gasteiger partial charge is 0.407 e. The first-order valence-corrected chi connectivity index (χ1v) is 19.3. The zero-order valence-corrected chi connectivity index (χ0v) is 28.0. The summed E-state index contributed by atoms with van der Waals surface area (Å²) >= 11 is 2.82. The van der Waals surface area contributed by atoms with E-state index in [-0.39, 0.29) is 15.3 Å². The van der Waals surface area contributed by atoms with Gasteiger partial charge in [-0.3, -0.25) is 0 Å². The van der Waals surface area contributed by atoms with Crippen LogP contribution in [0.5, 0.6) is 0 Å². The number of nitrogens with zero attached hydrogens (tertiary/aromatic N) is 1. The molecule has 222 valence electrons. The predicted molar refractivity (Wildman–Crippen MR) is 179 cm³/mol. The van der Waals surface area contributed by atoms with Crippen LogP contribution in [0.15, 0.2) is 99.4 Å². The zero-order chi connectivity index (χ0) is 30.0. The van der Waals surface area contributed by atoms with Crippen molar-refractivity contribution in [1.29, 1.82) is 0 Å². The number of hydrogen-bond donors (Lipinski definition) is 2. The van der Waals surface area contributed by atoms with Crippen LogP contribution in [0, 0.1) is 0 Å². The lowest BCUT2D eigenvalue weighted by molar-refractivity contribution is 0.302. The fourth-order valence-electron chi connectivity index (χ4n) is 5.71. The van der Waals surface area contributed by atoms with Gasteiger partial charge in [0.05, 0.1) is 10.3 Å². The number of rotatable bonds is 10. The van der Waals surface area contributed by atoms with Crippen LogP contribution in [0.1, 0.15) is 44.9 Å². The van der Waals surface area contributed by atoms with Crippen LogP contribution < -0.4 is 25.1 Å². The average Bonchev–Trinajstić information content (AvgIpc) is 3.42. The molecule has 5 rings (SSSR count). The molecule has 0 fully saturated rings. The summed E-state index contributed by atoms with van der Waals surface area (Å²) in [5.41, 5.74) is 3.30. The third-order valence-corrected chi connectivity index (χ3v) is 16.6. The monoisotopic (exact) mass is 637 g/mol. The average molecular weight is 638 g/mol. The van der Waals surface area contributed by atoms with Gasteiger partial charge in [0.15, 0.2) is 0 Å². The van der Waals surface area contributed by atoms with Gasteiger partial charge in [0.1, 0.15) is 4.21 Å². The number of primary sulfonamides is 1. The summed E-state index contributed by atoms with van der Waals surface area (Å²) in [6.07, 6.45) is 0.810. The van der Waals surface area contributed by atoms with E-state index in [1.807, 2.05) is 0 Å². The molecule has 0 radical (unpaired) electrons. The van der Waals surface area contributed by atoms with Crippen molar-refractivity contribution < 1.29 is 12.8 Å². The maximum Gasteiger partial charge on any atom is 0.261 e. The second-order valence-corrected chi connectivity index (χ2v) is 20.0. The van der Waals surface area contributed by atoms with Crippen molar-refractivity contribution in [2.24, 2.45) is 5.14 Å². The van der Waals surface area contributed by atoms with Crippen molar-refractivity contribution in [3.63, 3.8) is 0 Å². The highest BCUT2D eigenvalue weighted by Crippen LogP contribution is 2.45. The standard InChI is InChI=1S/C32H39N3O3S3Si/c1-5-34-29-23-35(40-31-28(29)22-30(39-31)41(33,36)37)25-18-16-24(17-19-25)20-21-38-42(32(2,3)4,26-12-8-6-9-13-26)27-14-10-7-11-15-27/h6-19,22,29,34H,5,20-21,23H2,1-4H3,(H2,33,36,37). The fraction of sp³-hybridized carbons (Fsp3) is 0.312. The highest BCUT2D eigenvalue weighted by Gasteiger charge is 2.50. The normalized spacial score (nSPS) is 15.9. The minimum absolute atomic E-state index is 0.0255. The SMILES string of the molecule is CCNC1CN(c2ccc(CCO[Si](c3ccccc3)(c3ccccc3)C(C)(C)C)cc2)Sc2sc(S(N)(=O)=O)cc21. The Kier molecular flexibility index (Phi) is 9.34. The molecule has 4 aromatic rings. The van der Waals surface area contributed by atoms with Crippen LogP contribution in [-0.2, 0) is 20.9 Å². The second kappa shape index (κ2) is 12.7. The number of benzene rings is 3. The van der Waals surface area contributed by atoms with Gasteiger partial charge in [0.25, 0.3) is 8.32 Å². The predicted octanol–water partition coefficient (Wildman–Crippen LogP) is 5.69. The molecule has 0 saturated carbocycles. The smallest absolute Gasteiger partial charge is 0.261 e. The van der Waals surface area contributed by atoms with Gasteiger partial charge in [-0.2, -0.15) is 0 Å². The summed E-state index contributed by atoms with van der Waals surface area (Å²) in [4.78, 5) is 0. The van der Waals surface area contributed by atoms with E-state index < -0.39 is 18.3 Å². The van der Waals surface area contributed by atoms with Gasteiger partial charge in [-0.15, -0.1) is 11.3 Å². The molecule has 2 heterocycles. The van der Waals surface area contributed by atoms with Gasteiger partial charge in [-0.25, -0.2) is 13.6 Å². The first-order valence-electron chi connectivity index (χ1n) is 14.2. The van der Waals surface area contributed by atoms with Crippen molar-refractivity contribution in [2.45, 2.75) is 53.6 Å². The first kappa shape index (κ1) is 31.0. The highest BCUT2D eigenvalue weighted by atomic mass is 32.3. The summed E-state index contributed by atoms with van der Waals surface area (Å²) in [5, 5.41) is 11.5. The van der Waals surface area contributed by atoms with E-state index in [0.717, 1.165) is 35.0 Å². The van der Waals surface area contributed by atoms with E-state index in [9.17, 15) is 8.42 Å². The molecule has 1 aliphatic heterocycles. The van der Waals surface area contributed by atoms with Gasteiger partial charge in [-0.05, 0) is 69.7 Å². The van der Waals surface area contributed by atoms with E-state index in [1.165, 1.54) is 27.3 Å². The van der Waals surface area contributed by atoms with Crippen LogP contribution in [0.3, 0.4) is 0 Å². The summed E-state index contributed by atoms with van der Waals surface area (Å²) < 4.78 is 34.5.